The fourth-order valence-electron chi connectivity index (χ4n) is 1.06. The summed E-state index contributed by atoms with van der Waals surface area (Å²) in [5.41, 5.74) is 0.196. The SMILES string of the molecule is COC(=O)c1ncn(-c2cnc(C#N)cn2)n1. The van der Waals surface area contributed by atoms with Crippen LogP contribution in [0.3, 0.4) is 0 Å². The summed E-state index contributed by atoms with van der Waals surface area (Å²) in [6.45, 7) is 0. The zero-order valence-corrected chi connectivity index (χ0v) is 8.73. The van der Waals surface area contributed by atoms with Gasteiger partial charge in [-0.15, -0.1) is 5.10 Å². The number of nitrogens with zero attached hydrogens (tertiary/aromatic N) is 6. The molecule has 0 bridgehead atoms. The van der Waals surface area contributed by atoms with Crippen molar-refractivity contribution in [3.63, 3.8) is 0 Å². The van der Waals surface area contributed by atoms with Gasteiger partial charge in [-0.2, -0.15) is 5.26 Å². The summed E-state index contributed by atoms with van der Waals surface area (Å²) < 4.78 is 5.73. The molecular formula is C9H6N6O2. The molecule has 0 fully saturated rings. The molecule has 0 N–H and O–H groups in total. The fourth-order valence-corrected chi connectivity index (χ4v) is 1.06. The van der Waals surface area contributed by atoms with Crippen LogP contribution in [0.4, 0.5) is 0 Å². The molecule has 17 heavy (non-hydrogen) atoms. The number of carbonyl (C=O) groups is 1. The van der Waals surface area contributed by atoms with Crippen LogP contribution in [-0.2, 0) is 4.74 Å². The van der Waals surface area contributed by atoms with E-state index in [2.05, 4.69) is 24.8 Å². The molecule has 8 nitrogen and oxygen atoms in total. The van der Waals surface area contributed by atoms with Crippen LogP contribution in [0.1, 0.15) is 16.3 Å². The number of esters is 1. The van der Waals surface area contributed by atoms with E-state index in [1.807, 2.05) is 6.07 Å². The lowest BCUT2D eigenvalue weighted by Gasteiger charge is -1.97. The Morgan fingerprint density at radius 2 is 2.24 bits per heavy atom. The maximum atomic E-state index is 11.1. The van der Waals surface area contributed by atoms with Crippen molar-refractivity contribution < 1.29 is 9.53 Å². The van der Waals surface area contributed by atoms with E-state index >= 15 is 0 Å². The van der Waals surface area contributed by atoms with Gasteiger partial charge in [0.05, 0.1) is 19.5 Å². The first-order chi connectivity index (χ1) is 8.24. The van der Waals surface area contributed by atoms with Crippen molar-refractivity contribution in [2.75, 3.05) is 7.11 Å². The van der Waals surface area contributed by atoms with E-state index in [0.29, 0.717) is 5.82 Å². The van der Waals surface area contributed by atoms with Gasteiger partial charge in [0.25, 0.3) is 5.82 Å². The second-order valence-corrected chi connectivity index (χ2v) is 2.88. The average molecular weight is 230 g/mol. The third-order valence-electron chi connectivity index (χ3n) is 1.85. The van der Waals surface area contributed by atoms with Gasteiger partial charge in [-0.1, -0.05) is 0 Å². The van der Waals surface area contributed by atoms with Gasteiger partial charge in [0.2, 0.25) is 0 Å². The van der Waals surface area contributed by atoms with Gasteiger partial charge in [0, 0.05) is 0 Å². The first-order valence-electron chi connectivity index (χ1n) is 4.47. The van der Waals surface area contributed by atoms with Crippen molar-refractivity contribution in [1.82, 2.24) is 24.7 Å². The molecule has 8 heteroatoms. The molecule has 0 aliphatic rings. The van der Waals surface area contributed by atoms with Crippen LogP contribution in [0.5, 0.6) is 0 Å². The molecule has 0 atom stereocenters. The lowest BCUT2D eigenvalue weighted by atomic mass is 10.5. The molecule has 2 aromatic rings. The normalized spacial score (nSPS) is 9.65. The minimum Gasteiger partial charge on any atom is -0.463 e. The molecule has 0 radical (unpaired) electrons. The number of hydrogen-bond donors (Lipinski definition) is 0. The molecule has 0 unspecified atom stereocenters. The van der Waals surface area contributed by atoms with Crippen LogP contribution in [-0.4, -0.2) is 37.8 Å². The number of carbonyl (C=O) groups excluding carboxylic acids is 1. The van der Waals surface area contributed by atoms with Crippen molar-refractivity contribution in [2.45, 2.75) is 0 Å². The minimum atomic E-state index is -0.634. The summed E-state index contributed by atoms with van der Waals surface area (Å²) in [5.74, 6) is -0.351. The maximum absolute atomic E-state index is 11.1. The lowest BCUT2D eigenvalue weighted by molar-refractivity contribution is 0.0587. The predicted molar refractivity (Wildman–Crippen MR) is 53.0 cm³/mol. The van der Waals surface area contributed by atoms with Crippen LogP contribution >= 0.6 is 0 Å². The van der Waals surface area contributed by atoms with Crippen molar-refractivity contribution in [1.29, 1.82) is 5.26 Å². The summed E-state index contributed by atoms with van der Waals surface area (Å²) >= 11 is 0. The van der Waals surface area contributed by atoms with E-state index in [1.165, 1.54) is 30.5 Å². The Morgan fingerprint density at radius 3 is 2.82 bits per heavy atom. The van der Waals surface area contributed by atoms with Gasteiger partial charge >= 0.3 is 5.97 Å². The molecule has 0 amide bonds. The summed E-state index contributed by atoms with van der Waals surface area (Å²) in [7, 11) is 1.24. The zero-order chi connectivity index (χ0) is 12.3. The smallest absolute Gasteiger partial charge is 0.377 e. The Labute approximate surface area is 95.5 Å². The molecule has 2 rings (SSSR count). The quantitative estimate of drug-likeness (QED) is 0.652. The highest BCUT2D eigenvalue weighted by molar-refractivity contribution is 5.84. The van der Waals surface area contributed by atoms with Crippen molar-refractivity contribution >= 4 is 5.97 Å². The van der Waals surface area contributed by atoms with E-state index in [4.69, 9.17) is 5.26 Å². The number of methoxy groups -OCH3 is 1. The number of rotatable bonds is 2. The molecule has 0 saturated heterocycles. The van der Waals surface area contributed by atoms with Crippen LogP contribution in [0, 0.1) is 11.3 Å². The van der Waals surface area contributed by atoms with Gasteiger partial charge in [0.15, 0.2) is 11.5 Å². The summed E-state index contributed by atoms with van der Waals surface area (Å²) in [4.78, 5) is 22.6. The predicted octanol–water partition coefficient (Wildman–Crippen LogP) is -0.284. The molecule has 0 spiro atoms. The van der Waals surface area contributed by atoms with E-state index in [1.54, 1.807) is 0 Å². The Kier molecular flexibility index (Phi) is 2.74. The number of aromatic nitrogens is 5. The van der Waals surface area contributed by atoms with Gasteiger partial charge in [0.1, 0.15) is 12.4 Å². The molecule has 0 aliphatic heterocycles. The largest absolute Gasteiger partial charge is 0.463 e. The molecule has 0 aliphatic carbocycles. The average Bonchev–Trinajstić information content (AvgIpc) is 2.87. The highest BCUT2D eigenvalue weighted by Gasteiger charge is 2.12. The second-order valence-electron chi connectivity index (χ2n) is 2.88. The second kappa shape index (κ2) is 4.36. The lowest BCUT2D eigenvalue weighted by Crippen LogP contribution is -2.06. The molecule has 0 saturated carbocycles. The first-order valence-corrected chi connectivity index (χ1v) is 4.47. The standard InChI is InChI=1S/C9H6N6O2/c1-17-9(16)8-13-5-15(14-8)7-4-11-6(2-10)3-12-7/h3-5H,1H3. The number of nitriles is 1. The summed E-state index contributed by atoms with van der Waals surface area (Å²) in [6, 6.07) is 1.85. The molecule has 0 aromatic carbocycles. The van der Waals surface area contributed by atoms with Crippen molar-refractivity contribution in [3.05, 3.63) is 30.2 Å². The van der Waals surface area contributed by atoms with E-state index < -0.39 is 5.97 Å². The third-order valence-corrected chi connectivity index (χ3v) is 1.85. The molecule has 2 heterocycles. The molecule has 2 aromatic heterocycles. The van der Waals surface area contributed by atoms with Crippen molar-refractivity contribution in [3.8, 4) is 11.9 Å². The fraction of sp³-hybridized carbons (Fsp3) is 0.111. The van der Waals surface area contributed by atoms with Crippen LogP contribution in [0.2, 0.25) is 0 Å². The van der Waals surface area contributed by atoms with Gasteiger partial charge in [-0.25, -0.2) is 24.4 Å². The van der Waals surface area contributed by atoms with Gasteiger partial charge < -0.3 is 4.74 Å². The Bertz CT molecular complexity index is 582. The van der Waals surface area contributed by atoms with E-state index in [-0.39, 0.29) is 11.5 Å². The highest BCUT2D eigenvalue weighted by atomic mass is 16.5. The summed E-state index contributed by atoms with van der Waals surface area (Å²) in [6.07, 6.45) is 3.96. The summed E-state index contributed by atoms with van der Waals surface area (Å²) in [5, 5.41) is 12.4. The highest BCUT2D eigenvalue weighted by Crippen LogP contribution is 2.01. The zero-order valence-electron chi connectivity index (χ0n) is 8.73. The maximum Gasteiger partial charge on any atom is 0.377 e. The Hall–Kier alpha value is -2.82. The van der Waals surface area contributed by atoms with Crippen LogP contribution in [0.25, 0.3) is 5.82 Å². The van der Waals surface area contributed by atoms with Crippen LogP contribution in [0.15, 0.2) is 18.7 Å². The Morgan fingerprint density at radius 1 is 1.41 bits per heavy atom. The van der Waals surface area contributed by atoms with Crippen molar-refractivity contribution in [2.24, 2.45) is 0 Å². The molecular weight excluding hydrogens is 224 g/mol. The molecule has 84 valence electrons. The monoisotopic (exact) mass is 230 g/mol. The minimum absolute atomic E-state index is 0.0707. The number of ether oxygens (including phenoxy) is 1. The van der Waals surface area contributed by atoms with E-state index in [9.17, 15) is 4.79 Å². The number of hydrogen-bond acceptors (Lipinski definition) is 7. The third kappa shape index (κ3) is 2.07. The van der Waals surface area contributed by atoms with Gasteiger partial charge in [-0.05, 0) is 0 Å². The Balaban J connectivity index is 2.31. The van der Waals surface area contributed by atoms with Crippen LogP contribution < -0.4 is 0 Å². The first kappa shape index (κ1) is 10.7. The van der Waals surface area contributed by atoms with E-state index in [0.717, 1.165) is 0 Å². The topological polar surface area (TPSA) is 107 Å². The van der Waals surface area contributed by atoms with Gasteiger partial charge in [-0.3, -0.25) is 0 Å².